The van der Waals surface area contributed by atoms with E-state index in [-0.39, 0.29) is 0 Å². The normalized spacial score (nSPS) is 11.0. The summed E-state index contributed by atoms with van der Waals surface area (Å²) in [6, 6.07) is 63.1. The van der Waals surface area contributed by atoms with Gasteiger partial charge >= 0.3 is 0 Å². The number of benzene rings is 4. The van der Waals surface area contributed by atoms with Crippen molar-refractivity contribution in [1.29, 1.82) is 0 Å². The smallest absolute Gasteiger partial charge is 0.0725 e. The molecule has 60 heavy (non-hydrogen) atoms. The van der Waals surface area contributed by atoms with Gasteiger partial charge < -0.3 is 0 Å². The summed E-state index contributed by atoms with van der Waals surface area (Å²) < 4.78 is 0. The monoisotopic (exact) mass is 768 g/mol. The van der Waals surface area contributed by atoms with Crippen LogP contribution < -0.4 is 0 Å². The molecule has 6 nitrogen and oxygen atoms in total. The molecule has 0 aliphatic carbocycles. The molecule has 4 aromatic carbocycles. The van der Waals surface area contributed by atoms with Gasteiger partial charge in [0.15, 0.2) is 0 Å². The van der Waals surface area contributed by atoms with Crippen molar-refractivity contribution < 1.29 is 0 Å². The van der Waals surface area contributed by atoms with Crippen molar-refractivity contribution in [2.45, 2.75) is 0 Å². The molecule has 0 amide bonds. The Bertz CT molecular complexity index is 2750. The molecule has 0 spiro atoms. The van der Waals surface area contributed by atoms with Gasteiger partial charge in [0, 0.05) is 70.6 Å². The summed E-state index contributed by atoms with van der Waals surface area (Å²) in [6.45, 7) is 0. The minimum Gasteiger partial charge on any atom is -0.264 e. The highest BCUT2D eigenvalue weighted by Crippen LogP contribution is 2.37. The molecular weight excluding hydrogens is 733 g/mol. The van der Waals surface area contributed by atoms with Gasteiger partial charge in [-0.15, -0.1) is 0 Å². The second-order valence-electron chi connectivity index (χ2n) is 14.5. The van der Waals surface area contributed by atoms with Crippen LogP contribution in [-0.4, -0.2) is 29.9 Å². The van der Waals surface area contributed by atoms with E-state index < -0.39 is 0 Å². The lowest BCUT2D eigenvalue weighted by molar-refractivity contribution is 1.28. The van der Waals surface area contributed by atoms with Gasteiger partial charge in [-0.3, -0.25) is 15.0 Å². The number of hydrogen-bond acceptors (Lipinski definition) is 6. The van der Waals surface area contributed by atoms with Gasteiger partial charge in [0.2, 0.25) is 0 Å². The van der Waals surface area contributed by atoms with Crippen LogP contribution in [0.2, 0.25) is 0 Å². The van der Waals surface area contributed by atoms with Crippen molar-refractivity contribution in [3.8, 4) is 101 Å². The van der Waals surface area contributed by atoms with Crippen molar-refractivity contribution in [2.75, 3.05) is 0 Å². The van der Waals surface area contributed by atoms with Gasteiger partial charge in [0.1, 0.15) is 0 Å². The zero-order valence-electron chi connectivity index (χ0n) is 32.5. The molecule has 0 saturated carbocycles. The predicted molar refractivity (Wildman–Crippen MR) is 242 cm³/mol. The van der Waals surface area contributed by atoms with Crippen LogP contribution in [0.1, 0.15) is 0 Å². The lowest BCUT2D eigenvalue weighted by atomic mass is 9.91. The quantitative estimate of drug-likeness (QED) is 0.145. The molecule has 6 heterocycles. The molecule has 282 valence electrons. The molecule has 0 radical (unpaired) electrons. The average Bonchev–Trinajstić information content (AvgIpc) is 3.35. The fourth-order valence-electron chi connectivity index (χ4n) is 7.51. The van der Waals surface area contributed by atoms with Crippen molar-refractivity contribution in [3.05, 3.63) is 219 Å². The van der Waals surface area contributed by atoms with E-state index in [2.05, 4.69) is 142 Å². The molecule has 10 aromatic rings. The van der Waals surface area contributed by atoms with E-state index in [4.69, 9.17) is 15.0 Å². The van der Waals surface area contributed by atoms with Crippen molar-refractivity contribution >= 4 is 0 Å². The van der Waals surface area contributed by atoms with Crippen molar-refractivity contribution in [2.24, 2.45) is 0 Å². The Morgan fingerprint density at radius 3 is 0.717 bits per heavy atom. The standard InChI is InChI=1S/C54H36N6/c1-10-37(28-40(13-1)49-19-4-22-52(58-49)43-16-7-25-55-34-43)46-31-47(38-11-2-14-41(29-38)50-20-5-23-53(59-50)44-17-8-26-56-35-44)33-48(32-46)39-12-3-15-42(30-39)51-21-6-24-54(60-51)45-18-9-27-57-36-45/h1-36H. The lowest BCUT2D eigenvalue weighted by Crippen LogP contribution is -1.91. The molecule has 0 N–H and O–H groups in total. The molecular formula is C54H36N6. The lowest BCUT2D eigenvalue weighted by Gasteiger charge is -2.14. The fourth-order valence-corrected chi connectivity index (χ4v) is 7.51. The zero-order valence-corrected chi connectivity index (χ0v) is 32.5. The minimum atomic E-state index is 0.885. The van der Waals surface area contributed by atoms with Crippen LogP contribution in [0.5, 0.6) is 0 Å². The topological polar surface area (TPSA) is 77.3 Å². The predicted octanol–water partition coefficient (Wildman–Crippen LogP) is 13.1. The molecule has 6 heteroatoms. The van der Waals surface area contributed by atoms with Gasteiger partial charge in [0.25, 0.3) is 0 Å². The first-order valence-corrected chi connectivity index (χ1v) is 19.8. The maximum atomic E-state index is 5.05. The highest BCUT2D eigenvalue weighted by atomic mass is 14.7. The zero-order chi connectivity index (χ0) is 40.1. The Morgan fingerprint density at radius 2 is 0.433 bits per heavy atom. The second kappa shape index (κ2) is 16.3. The minimum absolute atomic E-state index is 0.885. The largest absolute Gasteiger partial charge is 0.264 e. The van der Waals surface area contributed by atoms with E-state index in [0.717, 1.165) is 101 Å². The van der Waals surface area contributed by atoms with Crippen LogP contribution >= 0.6 is 0 Å². The van der Waals surface area contributed by atoms with Crippen LogP contribution in [-0.2, 0) is 0 Å². The molecule has 0 saturated heterocycles. The highest BCUT2D eigenvalue weighted by Gasteiger charge is 2.13. The van der Waals surface area contributed by atoms with Crippen LogP contribution in [0.3, 0.4) is 0 Å². The number of aromatic nitrogens is 6. The first-order valence-electron chi connectivity index (χ1n) is 19.8. The van der Waals surface area contributed by atoms with E-state index in [1.54, 1.807) is 18.6 Å². The summed E-state index contributed by atoms with van der Waals surface area (Å²) in [6.07, 6.45) is 10.9. The SMILES string of the molecule is c1cncc(-c2cccc(-c3cccc(-c4cc(-c5cccc(-c6cccc(-c7cccnc7)n6)c5)cc(-c5cccc(-c6cccc(-c7cccnc7)n6)c5)c4)c3)n2)c1. The van der Waals surface area contributed by atoms with E-state index >= 15 is 0 Å². The molecule has 0 aliphatic rings. The summed E-state index contributed by atoms with van der Waals surface area (Å²) >= 11 is 0. The van der Waals surface area contributed by atoms with E-state index in [9.17, 15) is 0 Å². The van der Waals surface area contributed by atoms with Gasteiger partial charge in [-0.05, 0) is 143 Å². The van der Waals surface area contributed by atoms with Gasteiger partial charge in [-0.2, -0.15) is 0 Å². The number of rotatable bonds is 9. The Morgan fingerprint density at radius 1 is 0.200 bits per heavy atom. The van der Waals surface area contributed by atoms with E-state index in [1.165, 1.54) is 0 Å². The van der Waals surface area contributed by atoms with Crippen molar-refractivity contribution in [1.82, 2.24) is 29.9 Å². The van der Waals surface area contributed by atoms with Crippen molar-refractivity contribution in [3.63, 3.8) is 0 Å². The first kappa shape index (κ1) is 36.1. The third kappa shape index (κ3) is 7.73. The molecule has 0 bridgehead atoms. The Kier molecular flexibility index (Phi) is 9.84. The maximum absolute atomic E-state index is 5.05. The number of nitrogens with zero attached hydrogens (tertiary/aromatic N) is 6. The number of pyridine rings is 6. The molecule has 0 unspecified atom stereocenters. The molecule has 0 fully saturated rings. The summed E-state index contributed by atoms with van der Waals surface area (Å²) in [5.41, 5.74) is 18.0. The van der Waals surface area contributed by atoms with Crippen LogP contribution in [0.25, 0.3) is 101 Å². The molecule has 6 aromatic heterocycles. The van der Waals surface area contributed by atoms with E-state index in [0.29, 0.717) is 0 Å². The van der Waals surface area contributed by atoms with Gasteiger partial charge in [-0.1, -0.05) is 72.8 Å². The third-order valence-electron chi connectivity index (χ3n) is 10.5. The van der Waals surface area contributed by atoms with Crippen LogP contribution in [0.15, 0.2) is 219 Å². The first-order chi connectivity index (χ1) is 29.7. The fraction of sp³-hybridized carbons (Fsp3) is 0. The van der Waals surface area contributed by atoms with Gasteiger partial charge in [0.05, 0.1) is 34.2 Å². The van der Waals surface area contributed by atoms with Crippen LogP contribution in [0.4, 0.5) is 0 Å². The summed E-state index contributed by atoms with van der Waals surface area (Å²) in [7, 11) is 0. The number of hydrogen-bond donors (Lipinski definition) is 0. The van der Waals surface area contributed by atoms with E-state index in [1.807, 2.05) is 73.2 Å². The Balaban J connectivity index is 1.07. The molecule has 0 atom stereocenters. The Labute approximate surface area is 348 Å². The summed E-state index contributed by atoms with van der Waals surface area (Å²) in [4.78, 5) is 28.1. The molecule has 0 aliphatic heterocycles. The summed E-state index contributed by atoms with van der Waals surface area (Å²) in [5.74, 6) is 0. The van der Waals surface area contributed by atoms with Gasteiger partial charge in [-0.25, -0.2) is 15.0 Å². The highest BCUT2D eigenvalue weighted by molar-refractivity contribution is 5.85. The maximum Gasteiger partial charge on any atom is 0.0725 e. The second-order valence-corrected chi connectivity index (χ2v) is 14.5. The van der Waals surface area contributed by atoms with Crippen LogP contribution in [0, 0.1) is 0 Å². The Hall–Kier alpha value is -8.22. The molecule has 10 rings (SSSR count). The summed E-state index contributed by atoms with van der Waals surface area (Å²) in [5, 5.41) is 0. The third-order valence-corrected chi connectivity index (χ3v) is 10.5. The average molecular weight is 769 g/mol.